The van der Waals surface area contributed by atoms with Crippen molar-refractivity contribution < 1.29 is 4.52 Å². The number of aryl methyl sites for hydroxylation is 1. The average Bonchev–Trinajstić information content (AvgIpc) is 2.91. The molecule has 106 valence electrons. The van der Waals surface area contributed by atoms with Crippen LogP contribution >= 0.6 is 11.6 Å². The topological polar surface area (TPSA) is 54.2 Å². The van der Waals surface area contributed by atoms with E-state index < -0.39 is 0 Å². The molecule has 0 bridgehead atoms. The largest absolute Gasteiger partial charge is 0.334 e. The highest BCUT2D eigenvalue weighted by molar-refractivity contribution is 6.33. The van der Waals surface area contributed by atoms with Crippen LogP contribution in [0.1, 0.15) is 11.4 Å². The number of piperazine rings is 1. The fourth-order valence-electron chi connectivity index (χ4n) is 2.30. The van der Waals surface area contributed by atoms with Gasteiger partial charge in [-0.15, -0.1) is 0 Å². The van der Waals surface area contributed by atoms with E-state index in [1.54, 1.807) is 0 Å². The molecule has 6 heteroatoms. The van der Waals surface area contributed by atoms with E-state index in [2.05, 4.69) is 20.4 Å². The lowest BCUT2D eigenvalue weighted by Crippen LogP contribution is -2.43. The highest BCUT2D eigenvalue weighted by Crippen LogP contribution is 2.27. The van der Waals surface area contributed by atoms with Gasteiger partial charge in [-0.3, -0.25) is 4.90 Å². The van der Waals surface area contributed by atoms with E-state index >= 15 is 0 Å². The molecular weight excluding hydrogens is 276 g/mol. The van der Waals surface area contributed by atoms with E-state index in [9.17, 15) is 0 Å². The number of nitrogens with one attached hydrogen (secondary N) is 1. The second-order valence-corrected chi connectivity index (χ2v) is 5.43. The minimum absolute atomic E-state index is 0.490. The Kier molecular flexibility index (Phi) is 4.00. The summed E-state index contributed by atoms with van der Waals surface area (Å²) in [7, 11) is 0. The van der Waals surface area contributed by atoms with Gasteiger partial charge in [0.2, 0.25) is 0 Å². The van der Waals surface area contributed by atoms with Crippen LogP contribution in [-0.4, -0.2) is 41.2 Å². The molecule has 1 aromatic heterocycles. The molecule has 20 heavy (non-hydrogen) atoms. The van der Waals surface area contributed by atoms with Gasteiger partial charge in [0.15, 0.2) is 5.82 Å². The molecule has 0 saturated carbocycles. The smallest absolute Gasteiger partial charge is 0.259 e. The maximum absolute atomic E-state index is 6.19. The molecule has 3 rings (SSSR count). The van der Waals surface area contributed by atoms with Crippen LogP contribution in [0.3, 0.4) is 0 Å². The molecule has 0 unspecified atom stereocenters. The van der Waals surface area contributed by atoms with Crippen molar-refractivity contribution >= 4 is 11.6 Å². The number of aromatic nitrogens is 2. The summed E-state index contributed by atoms with van der Waals surface area (Å²) in [6, 6.07) is 5.78. The molecule has 0 radical (unpaired) electrons. The first-order valence-electron chi connectivity index (χ1n) is 6.74. The molecule has 1 aromatic carbocycles. The van der Waals surface area contributed by atoms with Crippen LogP contribution in [-0.2, 0) is 6.54 Å². The fourth-order valence-corrected chi connectivity index (χ4v) is 2.50. The first kappa shape index (κ1) is 13.5. The molecule has 1 aliphatic rings. The molecule has 1 fully saturated rings. The zero-order valence-corrected chi connectivity index (χ0v) is 12.2. The minimum atomic E-state index is 0.490. The third-order valence-corrected chi connectivity index (χ3v) is 3.72. The van der Waals surface area contributed by atoms with Gasteiger partial charge in [-0.05, 0) is 19.1 Å². The van der Waals surface area contributed by atoms with Crippen molar-refractivity contribution in [3.05, 3.63) is 34.6 Å². The molecule has 0 spiro atoms. The maximum Gasteiger partial charge on any atom is 0.259 e. The van der Waals surface area contributed by atoms with E-state index in [1.165, 1.54) is 0 Å². The predicted molar refractivity (Wildman–Crippen MR) is 77.6 cm³/mol. The van der Waals surface area contributed by atoms with Crippen LogP contribution in [0.15, 0.2) is 22.7 Å². The van der Waals surface area contributed by atoms with Crippen LogP contribution in [0.25, 0.3) is 11.5 Å². The van der Waals surface area contributed by atoms with Crippen LogP contribution in [0.2, 0.25) is 5.02 Å². The third kappa shape index (κ3) is 3.00. The number of rotatable bonds is 3. The van der Waals surface area contributed by atoms with Crippen molar-refractivity contribution in [2.75, 3.05) is 26.2 Å². The number of nitrogens with zero attached hydrogens (tertiary/aromatic N) is 3. The van der Waals surface area contributed by atoms with Crippen LogP contribution in [0, 0.1) is 6.92 Å². The number of halogens is 1. The summed E-state index contributed by atoms with van der Waals surface area (Å²) in [5.41, 5.74) is 1.91. The second kappa shape index (κ2) is 5.91. The second-order valence-electron chi connectivity index (χ2n) is 5.03. The standard InChI is InChI=1S/C14H17ClN4O/c1-10-2-3-12(15)11(8-10)14-17-13(18-20-14)9-19-6-4-16-5-7-19/h2-3,8,16H,4-7,9H2,1H3. The first-order chi connectivity index (χ1) is 9.72. The highest BCUT2D eigenvalue weighted by Gasteiger charge is 2.16. The van der Waals surface area contributed by atoms with E-state index in [1.807, 2.05) is 25.1 Å². The van der Waals surface area contributed by atoms with Gasteiger partial charge in [0, 0.05) is 26.2 Å². The Labute approximate surface area is 122 Å². The molecular formula is C14H17ClN4O. The summed E-state index contributed by atoms with van der Waals surface area (Å²) < 4.78 is 5.34. The van der Waals surface area contributed by atoms with E-state index in [0.29, 0.717) is 23.3 Å². The quantitative estimate of drug-likeness (QED) is 0.939. The molecule has 0 atom stereocenters. The summed E-state index contributed by atoms with van der Waals surface area (Å²) >= 11 is 6.19. The van der Waals surface area contributed by atoms with Crippen molar-refractivity contribution in [3.8, 4) is 11.5 Å². The Bertz CT molecular complexity index is 593. The lowest BCUT2D eigenvalue weighted by molar-refractivity contribution is 0.225. The Morgan fingerprint density at radius 2 is 2.15 bits per heavy atom. The summed E-state index contributed by atoms with van der Waals surface area (Å²) in [4.78, 5) is 6.76. The van der Waals surface area contributed by atoms with Gasteiger partial charge in [-0.2, -0.15) is 4.98 Å². The van der Waals surface area contributed by atoms with Gasteiger partial charge < -0.3 is 9.84 Å². The highest BCUT2D eigenvalue weighted by atomic mass is 35.5. The summed E-state index contributed by atoms with van der Waals surface area (Å²) in [5, 5.41) is 8.00. The predicted octanol–water partition coefficient (Wildman–Crippen LogP) is 2.10. The van der Waals surface area contributed by atoms with Crippen molar-refractivity contribution in [2.24, 2.45) is 0 Å². The summed E-state index contributed by atoms with van der Waals surface area (Å²) in [5.74, 6) is 1.20. The molecule has 0 amide bonds. The normalized spacial score (nSPS) is 16.5. The Morgan fingerprint density at radius 1 is 1.35 bits per heavy atom. The zero-order chi connectivity index (χ0) is 13.9. The molecule has 2 aromatic rings. The van der Waals surface area contributed by atoms with Gasteiger partial charge in [-0.1, -0.05) is 28.4 Å². The Morgan fingerprint density at radius 3 is 2.95 bits per heavy atom. The lowest BCUT2D eigenvalue weighted by Gasteiger charge is -2.25. The SMILES string of the molecule is Cc1ccc(Cl)c(-c2nc(CN3CCNCC3)no2)c1. The van der Waals surface area contributed by atoms with Gasteiger partial charge in [-0.25, -0.2) is 0 Å². The van der Waals surface area contributed by atoms with Crippen LogP contribution < -0.4 is 5.32 Å². The zero-order valence-electron chi connectivity index (χ0n) is 11.4. The summed E-state index contributed by atoms with van der Waals surface area (Å²) in [6.07, 6.45) is 0. The first-order valence-corrected chi connectivity index (χ1v) is 7.12. The van der Waals surface area contributed by atoms with E-state index in [-0.39, 0.29) is 0 Å². The van der Waals surface area contributed by atoms with Crippen molar-refractivity contribution in [1.29, 1.82) is 0 Å². The Hall–Kier alpha value is -1.43. The third-order valence-electron chi connectivity index (χ3n) is 3.40. The van der Waals surface area contributed by atoms with Crippen LogP contribution in [0.4, 0.5) is 0 Å². The average molecular weight is 293 g/mol. The molecule has 2 heterocycles. The molecule has 1 N–H and O–H groups in total. The monoisotopic (exact) mass is 292 g/mol. The van der Waals surface area contributed by atoms with Gasteiger partial charge >= 0.3 is 0 Å². The van der Waals surface area contributed by atoms with E-state index in [4.69, 9.17) is 16.1 Å². The summed E-state index contributed by atoms with van der Waals surface area (Å²) in [6.45, 7) is 6.76. The lowest BCUT2D eigenvalue weighted by atomic mass is 10.1. The van der Waals surface area contributed by atoms with Gasteiger partial charge in [0.05, 0.1) is 17.1 Å². The van der Waals surface area contributed by atoms with E-state index in [0.717, 1.165) is 37.3 Å². The van der Waals surface area contributed by atoms with Crippen molar-refractivity contribution in [1.82, 2.24) is 20.4 Å². The van der Waals surface area contributed by atoms with Crippen molar-refractivity contribution in [2.45, 2.75) is 13.5 Å². The van der Waals surface area contributed by atoms with Crippen molar-refractivity contribution in [3.63, 3.8) is 0 Å². The Balaban J connectivity index is 1.77. The molecule has 1 aliphatic heterocycles. The van der Waals surface area contributed by atoms with Gasteiger partial charge in [0.1, 0.15) is 0 Å². The van der Waals surface area contributed by atoms with Gasteiger partial charge in [0.25, 0.3) is 5.89 Å². The fraction of sp³-hybridized carbons (Fsp3) is 0.429. The number of hydrogen-bond acceptors (Lipinski definition) is 5. The maximum atomic E-state index is 6.19. The number of hydrogen-bond donors (Lipinski definition) is 1. The molecule has 5 nitrogen and oxygen atoms in total. The molecule has 1 saturated heterocycles. The molecule has 0 aliphatic carbocycles. The van der Waals surface area contributed by atoms with Crippen LogP contribution in [0.5, 0.6) is 0 Å². The minimum Gasteiger partial charge on any atom is -0.334 e. The number of benzene rings is 1.